The summed E-state index contributed by atoms with van der Waals surface area (Å²) in [4.78, 5) is 24.2. The van der Waals surface area contributed by atoms with Crippen LogP contribution in [0.4, 0.5) is 4.79 Å². The van der Waals surface area contributed by atoms with Crippen molar-refractivity contribution in [3.05, 3.63) is 0 Å². The number of piperidine rings is 1. The topological polar surface area (TPSA) is 81.7 Å². The second-order valence-electron chi connectivity index (χ2n) is 4.05. The van der Waals surface area contributed by atoms with Gasteiger partial charge in [-0.3, -0.25) is 15.0 Å². The van der Waals surface area contributed by atoms with Crippen molar-refractivity contribution >= 4 is 11.9 Å². The van der Waals surface area contributed by atoms with Crippen LogP contribution in [0.2, 0.25) is 0 Å². The van der Waals surface area contributed by atoms with Crippen molar-refractivity contribution in [2.24, 2.45) is 5.92 Å². The Bertz CT molecular complexity index is 258. The summed E-state index contributed by atoms with van der Waals surface area (Å²) in [6.45, 7) is 1.94. The molecule has 0 aliphatic carbocycles. The summed E-state index contributed by atoms with van der Waals surface area (Å²) in [7, 11) is 1.46. The first-order chi connectivity index (χ1) is 7.65. The number of amides is 3. The van der Waals surface area contributed by atoms with Crippen LogP contribution in [0.3, 0.4) is 0 Å². The number of likely N-dealkylation sites (tertiary alicyclic amines) is 1. The number of nitrogens with one attached hydrogen (secondary N) is 2. The number of carbonyl (C=O) groups excluding carboxylic acids is 2. The highest BCUT2D eigenvalue weighted by Gasteiger charge is 2.21. The molecule has 1 atom stereocenters. The molecule has 16 heavy (non-hydrogen) atoms. The molecule has 3 amide bonds. The molecular weight excluding hydrogens is 210 g/mol. The molecule has 1 fully saturated rings. The average Bonchev–Trinajstić information content (AvgIpc) is 2.28. The first-order valence-electron chi connectivity index (χ1n) is 5.50. The number of hydrogen-bond donors (Lipinski definition) is 3. The minimum absolute atomic E-state index is 0.160. The van der Waals surface area contributed by atoms with Crippen molar-refractivity contribution in [2.75, 3.05) is 33.3 Å². The van der Waals surface area contributed by atoms with Crippen molar-refractivity contribution in [1.29, 1.82) is 0 Å². The summed E-state index contributed by atoms with van der Waals surface area (Å²) in [5.41, 5.74) is 0. The van der Waals surface area contributed by atoms with E-state index in [9.17, 15) is 9.59 Å². The average molecular weight is 229 g/mol. The Morgan fingerprint density at radius 2 is 2.25 bits per heavy atom. The predicted molar refractivity (Wildman–Crippen MR) is 58.8 cm³/mol. The molecule has 0 aromatic rings. The van der Waals surface area contributed by atoms with E-state index in [4.69, 9.17) is 5.11 Å². The lowest BCUT2D eigenvalue weighted by Crippen LogP contribution is -2.46. The second-order valence-corrected chi connectivity index (χ2v) is 4.05. The highest BCUT2D eigenvalue weighted by molar-refractivity contribution is 5.95. The quantitative estimate of drug-likeness (QED) is 0.588. The second kappa shape index (κ2) is 6.44. The number of imide groups is 1. The molecule has 1 saturated heterocycles. The van der Waals surface area contributed by atoms with Gasteiger partial charge in [0.25, 0.3) is 0 Å². The number of urea groups is 1. The van der Waals surface area contributed by atoms with Crippen LogP contribution in [-0.4, -0.2) is 55.2 Å². The van der Waals surface area contributed by atoms with Crippen LogP contribution in [0, 0.1) is 5.92 Å². The molecule has 92 valence electrons. The van der Waals surface area contributed by atoms with Gasteiger partial charge in [0.2, 0.25) is 5.91 Å². The number of nitrogens with zero attached hydrogens (tertiary/aromatic N) is 1. The fraction of sp³-hybridized carbons (Fsp3) is 0.800. The van der Waals surface area contributed by atoms with Gasteiger partial charge in [-0.15, -0.1) is 0 Å². The molecule has 0 bridgehead atoms. The fourth-order valence-corrected chi connectivity index (χ4v) is 1.88. The lowest BCUT2D eigenvalue weighted by Gasteiger charge is -2.30. The molecular formula is C10H19N3O3. The Balaban J connectivity index is 2.30. The summed E-state index contributed by atoms with van der Waals surface area (Å²) in [5, 5.41) is 13.6. The summed E-state index contributed by atoms with van der Waals surface area (Å²) < 4.78 is 0. The maximum Gasteiger partial charge on any atom is 0.321 e. The molecule has 1 aliphatic rings. The van der Waals surface area contributed by atoms with Gasteiger partial charge in [0.1, 0.15) is 0 Å². The van der Waals surface area contributed by atoms with Crippen LogP contribution >= 0.6 is 0 Å². The minimum atomic E-state index is -0.485. The third-order valence-corrected chi connectivity index (χ3v) is 2.71. The minimum Gasteiger partial charge on any atom is -0.396 e. The Hall–Kier alpha value is -1.14. The molecule has 1 unspecified atom stereocenters. The van der Waals surface area contributed by atoms with E-state index in [2.05, 4.69) is 10.6 Å². The third kappa shape index (κ3) is 4.16. The van der Waals surface area contributed by atoms with Crippen molar-refractivity contribution in [3.8, 4) is 0 Å². The molecule has 0 saturated carbocycles. The molecule has 0 spiro atoms. The first kappa shape index (κ1) is 12.9. The maximum atomic E-state index is 11.4. The van der Waals surface area contributed by atoms with Crippen molar-refractivity contribution < 1.29 is 14.7 Å². The molecule has 3 N–H and O–H groups in total. The van der Waals surface area contributed by atoms with Gasteiger partial charge >= 0.3 is 6.03 Å². The standard InChI is InChI=1S/C10H19N3O3/c1-11-10(16)12-9(15)6-13-4-2-3-8(5-13)7-14/h8,14H,2-7H2,1H3,(H2,11,12,15,16). The van der Waals surface area contributed by atoms with Crippen LogP contribution in [0.5, 0.6) is 0 Å². The zero-order valence-corrected chi connectivity index (χ0v) is 9.53. The number of rotatable bonds is 3. The Labute approximate surface area is 95.0 Å². The lowest BCUT2D eigenvalue weighted by atomic mass is 9.99. The Kier molecular flexibility index (Phi) is 5.21. The first-order valence-corrected chi connectivity index (χ1v) is 5.50. The van der Waals surface area contributed by atoms with Crippen LogP contribution in [0.15, 0.2) is 0 Å². The molecule has 0 aromatic carbocycles. The van der Waals surface area contributed by atoms with Crippen molar-refractivity contribution in [3.63, 3.8) is 0 Å². The SMILES string of the molecule is CNC(=O)NC(=O)CN1CCCC(CO)C1. The molecule has 0 aromatic heterocycles. The predicted octanol–water partition coefficient (Wildman–Crippen LogP) is -0.854. The zero-order chi connectivity index (χ0) is 12.0. The normalized spacial score (nSPS) is 21.5. The number of carbonyl (C=O) groups is 2. The van der Waals surface area contributed by atoms with Gasteiger partial charge < -0.3 is 10.4 Å². The van der Waals surface area contributed by atoms with E-state index >= 15 is 0 Å². The summed E-state index contributed by atoms with van der Waals surface area (Å²) in [5.74, 6) is -0.0560. The maximum absolute atomic E-state index is 11.4. The van der Waals surface area contributed by atoms with Crippen LogP contribution < -0.4 is 10.6 Å². The molecule has 6 nitrogen and oxygen atoms in total. The summed E-state index contributed by atoms with van der Waals surface area (Å²) >= 11 is 0. The summed E-state index contributed by atoms with van der Waals surface area (Å²) in [6, 6.07) is -0.485. The molecule has 0 radical (unpaired) electrons. The molecule has 1 aliphatic heterocycles. The van der Waals surface area contributed by atoms with E-state index in [1.165, 1.54) is 7.05 Å². The Morgan fingerprint density at radius 1 is 1.50 bits per heavy atom. The molecule has 6 heteroatoms. The Morgan fingerprint density at radius 3 is 2.88 bits per heavy atom. The molecule has 1 heterocycles. The van der Waals surface area contributed by atoms with E-state index in [1.807, 2.05) is 4.90 Å². The van der Waals surface area contributed by atoms with Crippen LogP contribution in [-0.2, 0) is 4.79 Å². The van der Waals surface area contributed by atoms with Gasteiger partial charge in [-0.1, -0.05) is 0 Å². The highest BCUT2D eigenvalue weighted by Crippen LogP contribution is 2.14. The molecule has 1 rings (SSSR count). The largest absolute Gasteiger partial charge is 0.396 e. The van der Waals surface area contributed by atoms with Crippen LogP contribution in [0.1, 0.15) is 12.8 Å². The summed E-state index contributed by atoms with van der Waals surface area (Å²) in [6.07, 6.45) is 1.99. The van der Waals surface area contributed by atoms with E-state index in [-0.39, 0.29) is 25.0 Å². The monoisotopic (exact) mass is 229 g/mol. The van der Waals surface area contributed by atoms with Gasteiger partial charge in [0, 0.05) is 20.2 Å². The van der Waals surface area contributed by atoms with Gasteiger partial charge in [-0.2, -0.15) is 0 Å². The highest BCUT2D eigenvalue weighted by atomic mass is 16.3. The van der Waals surface area contributed by atoms with E-state index in [1.54, 1.807) is 0 Å². The van der Waals surface area contributed by atoms with Crippen LogP contribution in [0.25, 0.3) is 0 Å². The van der Waals surface area contributed by atoms with E-state index in [0.29, 0.717) is 0 Å². The van der Waals surface area contributed by atoms with E-state index < -0.39 is 6.03 Å². The van der Waals surface area contributed by atoms with Crippen molar-refractivity contribution in [1.82, 2.24) is 15.5 Å². The van der Waals surface area contributed by atoms with Crippen molar-refractivity contribution in [2.45, 2.75) is 12.8 Å². The lowest BCUT2D eigenvalue weighted by molar-refractivity contribution is -0.121. The fourth-order valence-electron chi connectivity index (χ4n) is 1.88. The number of hydrogen-bond acceptors (Lipinski definition) is 4. The third-order valence-electron chi connectivity index (χ3n) is 2.71. The van der Waals surface area contributed by atoms with Gasteiger partial charge in [0.05, 0.1) is 6.54 Å². The van der Waals surface area contributed by atoms with E-state index in [0.717, 1.165) is 25.9 Å². The number of aliphatic hydroxyl groups excluding tert-OH is 1. The smallest absolute Gasteiger partial charge is 0.321 e. The van der Waals surface area contributed by atoms with Gasteiger partial charge in [-0.05, 0) is 25.3 Å². The van der Waals surface area contributed by atoms with Gasteiger partial charge in [0.15, 0.2) is 0 Å². The van der Waals surface area contributed by atoms with Gasteiger partial charge in [-0.25, -0.2) is 4.79 Å². The number of aliphatic hydroxyl groups is 1. The zero-order valence-electron chi connectivity index (χ0n) is 9.53.